The van der Waals surface area contributed by atoms with E-state index in [9.17, 15) is 9.59 Å². The van der Waals surface area contributed by atoms with Gasteiger partial charge in [-0.3, -0.25) is 0 Å². The van der Waals surface area contributed by atoms with Gasteiger partial charge >= 0.3 is 12.1 Å². The number of carbonyl (C=O) groups is 2. The lowest BCUT2D eigenvalue weighted by atomic mass is 9.91. The summed E-state index contributed by atoms with van der Waals surface area (Å²) in [5.74, 6) is -1.12. The molecule has 6 nitrogen and oxygen atoms in total. The zero-order valence-electron chi connectivity index (χ0n) is 18.6. The molecule has 1 amide bonds. The van der Waals surface area contributed by atoms with Crippen molar-refractivity contribution in [3.8, 4) is 0 Å². The van der Waals surface area contributed by atoms with Crippen LogP contribution in [0.25, 0.3) is 0 Å². The van der Waals surface area contributed by atoms with Gasteiger partial charge in [-0.25, -0.2) is 9.59 Å². The molecule has 0 bridgehead atoms. The Morgan fingerprint density at radius 1 is 1.03 bits per heavy atom. The third-order valence-electron chi connectivity index (χ3n) is 5.47. The number of rotatable bonds is 5. The normalized spacial score (nSPS) is 19.3. The summed E-state index contributed by atoms with van der Waals surface area (Å²) < 4.78 is 5.01. The van der Waals surface area contributed by atoms with E-state index in [1.54, 1.807) is 37.6 Å². The number of thiophene rings is 1. The van der Waals surface area contributed by atoms with Crippen LogP contribution in [0.3, 0.4) is 0 Å². The highest BCUT2D eigenvalue weighted by Crippen LogP contribution is 2.22. The second kappa shape index (κ2) is 12.3. The lowest BCUT2D eigenvalue weighted by molar-refractivity contribution is -0.139. The third kappa shape index (κ3) is 9.47. The molecule has 3 rings (SSSR count). The van der Waals surface area contributed by atoms with Gasteiger partial charge in [-0.05, 0) is 68.8 Å². The average molecular weight is 439 g/mol. The van der Waals surface area contributed by atoms with Crippen LogP contribution < -0.4 is 10.6 Å². The van der Waals surface area contributed by atoms with Crippen molar-refractivity contribution in [1.29, 1.82) is 0 Å². The minimum atomic E-state index is -1.12. The smallest absolute Gasteiger partial charge is 0.408 e. The Labute approximate surface area is 184 Å². The first-order valence-corrected chi connectivity index (χ1v) is 12.2. The fourth-order valence-corrected chi connectivity index (χ4v) is 4.71. The SMILES string of the molecule is C1CCC(NC2CCCCC2)CC1.CC(C)(C)OC(=O)N[C@H](C(=O)O)c1ccsc1. The summed E-state index contributed by atoms with van der Waals surface area (Å²) in [6.07, 6.45) is 13.8. The first-order valence-electron chi connectivity index (χ1n) is 11.2. The van der Waals surface area contributed by atoms with E-state index in [1.807, 2.05) is 0 Å². The molecule has 1 aromatic heterocycles. The number of hydrogen-bond acceptors (Lipinski definition) is 5. The van der Waals surface area contributed by atoms with Crippen molar-refractivity contribution in [2.45, 2.75) is 109 Å². The molecule has 0 unspecified atom stereocenters. The zero-order chi connectivity index (χ0) is 22.0. The Morgan fingerprint density at radius 3 is 1.97 bits per heavy atom. The fraction of sp³-hybridized carbons (Fsp3) is 0.739. The summed E-state index contributed by atoms with van der Waals surface area (Å²) in [6.45, 7) is 5.15. The molecular formula is C23H38N2O4S. The van der Waals surface area contributed by atoms with Gasteiger partial charge in [0.2, 0.25) is 0 Å². The van der Waals surface area contributed by atoms with Crippen molar-refractivity contribution in [3.63, 3.8) is 0 Å². The van der Waals surface area contributed by atoms with Crippen LogP contribution in [-0.4, -0.2) is 34.9 Å². The molecule has 0 aromatic carbocycles. The zero-order valence-corrected chi connectivity index (χ0v) is 19.4. The Hall–Kier alpha value is -1.60. The van der Waals surface area contributed by atoms with Gasteiger partial charge in [0.15, 0.2) is 6.04 Å². The standard InChI is InChI=1S/C12H23N.C11H15NO4S/c1-3-7-11(8-4-1)13-12-9-5-2-6-10-12;1-11(2,3)16-10(15)12-8(9(13)14)7-4-5-17-6-7/h11-13H,1-10H2;4-6,8H,1-3H3,(H,12,15)(H,13,14)/t;8-/m.0/s1. The van der Waals surface area contributed by atoms with Gasteiger partial charge in [-0.15, -0.1) is 0 Å². The van der Waals surface area contributed by atoms with E-state index in [4.69, 9.17) is 9.84 Å². The molecule has 2 fully saturated rings. The van der Waals surface area contributed by atoms with E-state index >= 15 is 0 Å². The Balaban J connectivity index is 0.000000220. The highest BCUT2D eigenvalue weighted by molar-refractivity contribution is 7.08. The summed E-state index contributed by atoms with van der Waals surface area (Å²) >= 11 is 1.37. The number of alkyl carbamates (subject to hydrolysis) is 1. The lowest BCUT2D eigenvalue weighted by Crippen LogP contribution is -2.40. The number of hydrogen-bond donors (Lipinski definition) is 3. The molecule has 0 saturated heterocycles. The molecule has 30 heavy (non-hydrogen) atoms. The fourth-order valence-electron chi connectivity index (χ4n) is 4.02. The van der Waals surface area contributed by atoms with Gasteiger partial charge in [0.05, 0.1) is 0 Å². The number of carboxylic acids is 1. The summed E-state index contributed by atoms with van der Waals surface area (Å²) in [7, 11) is 0. The maximum Gasteiger partial charge on any atom is 0.408 e. The van der Waals surface area contributed by atoms with Crippen molar-refractivity contribution in [1.82, 2.24) is 10.6 Å². The average Bonchev–Trinajstić information content (AvgIpc) is 3.21. The largest absolute Gasteiger partial charge is 0.479 e. The van der Waals surface area contributed by atoms with Gasteiger partial charge in [-0.2, -0.15) is 11.3 Å². The number of amides is 1. The van der Waals surface area contributed by atoms with E-state index in [0.29, 0.717) is 5.56 Å². The van der Waals surface area contributed by atoms with Crippen molar-refractivity contribution in [2.75, 3.05) is 0 Å². The molecule has 0 radical (unpaired) electrons. The van der Waals surface area contributed by atoms with E-state index < -0.39 is 23.7 Å². The van der Waals surface area contributed by atoms with Crippen LogP contribution in [0.1, 0.15) is 96.6 Å². The molecule has 1 heterocycles. The van der Waals surface area contributed by atoms with Gasteiger partial charge in [0.25, 0.3) is 0 Å². The van der Waals surface area contributed by atoms with Gasteiger partial charge < -0.3 is 20.5 Å². The molecule has 1 aromatic rings. The van der Waals surface area contributed by atoms with Crippen LogP contribution in [0.4, 0.5) is 4.79 Å². The van der Waals surface area contributed by atoms with Crippen LogP contribution in [-0.2, 0) is 9.53 Å². The monoisotopic (exact) mass is 438 g/mol. The molecule has 0 spiro atoms. The number of nitrogens with one attached hydrogen (secondary N) is 2. The Kier molecular flexibility index (Phi) is 10.1. The van der Waals surface area contributed by atoms with Crippen LogP contribution >= 0.6 is 11.3 Å². The second-order valence-electron chi connectivity index (χ2n) is 9.31. The van der Waals surface area contributed by atoms with Crippen molar-refractivity contribution in [3.05, 3.63) is 22.4 Å². The molecule has 2 saturated carbocycles. The number of ether oxygens (including phenoxy) is 1. The number of aliphatic carboxylic acids is 1. The van der Waals surface area contributed by atoms with Crippen LogP contribution in [0.15, 0.2) is 16.8 Å². The van der Waals surface area contributed by atoms with Crippen molar-refractivity contribution in [2.24, 2.45) is 0 Å². The van der Waals surface area contributed by atoms with Crippen LogP contribution in [0.5, 0.6) is 0 Å². The predicted molar refractivity (Wildman–Crippen MR) is 121 cm³/mol. The molecule has 2 aliphatic rings. The van der Waals surface area contributed by atoms with Crippen molar-refractivity contribution < 1.29 is 19.4 Å². The second-order valence-corrected chi connectivity index (χ2v) is 10.1. The van der Waals surface area contributed by atoms with Crippen LogP contribution in [0.2, 0.25) is 0 Å². The first-order chi connectivity index (χ1) is 14.2. The molecular weight excluding hydrogens is 400 g/mol. The molecule has 170 valence electrons. The van der Waals surface area contributed by atoms with Crippen molar-refractivity contribution >= 4 is 23.4 Å². The summed E-state index contributed by atoms with van der Waals surface area (Å²) in [4.78, 5) is 22.5. The number of carboxylic acid groups (broad SMARTS) is 1. The molecule has 0 aliphatic heterocycles. The molecule has 1 atom stereocenters. The third-order valence-corrected chi connectivity index (χ3v) is 6.17. The minimum absolute atomic E-state index is 0.536. The van der Waals surface area contributed by atoms with E-state index in [1.165, 1.54) is 75.5 Å². The van der Waals surface area contributed by atoms with Gasteiger partial charge in [0.1, 0.15) is 5.60 Å². The number of carbonyl (C=O) groups excluding carboxylic acids is 1. The highest BCUT2D eigenvalue weighted by Gasteiger charge is 2.25. The maximum atomic E-state index is 11.5. The molecule has 7 heteroatoms. The Morgan fingerprint density at radius 2 is 1.57 bits per heavy atom. The van der Waals surface area contributed by atoms with Crippen LogP contribution in [0, 0.1) is 0 Å². The lowest BCUT2D eigenvalue weighted by Gasteiger charge is -2.30. The minimum Gasteiger partial charge on any atom is -0.479 e. The van der Waals surface area contributed by atoms with E-state index in [0.717, 1.165) is 12.1 Å². The van der Waals surface area contributed by atoms with Gasteiger partial charge in [0, 0.05) is 12.1 Å². The Bertz CT molecular complexity index is 614. The van der Waals surface area contributed by atoms with E-state index in [-0.39, 0.29) is 0 Å². The molecule has 3 N–H and O–H groups in total. The highest BCUT2D eigenvalue weighted by atomic mass is 32.1. The van der Waals surface area contributed by atoms with E-state index in [2.05, 4.69) is 10.6 Å². The maximum absolute atomic E-state index is 11.5. The first kappa shape index (κ1) is 24.7. The predicted octanol–water partition coefficient (Wildman–Crippen LogP) is 5.64. The molecule has 2 aliphatic carbocycles. The summed E-state index contributed by atoms with van der Waals surface area (Å²) in [6, 6.07) is 2.32. The quantitative estimate of drug-likeness (QED) is 0.554. The topological polar surface area (TPSA) is 87.7 Å². The summed E-state index contributed by atoms with van der Waals surface area (Å²) in [5, 5.41) is 18.6. The van der Waals surface area contributed by atoms with Gasteiger partial charge in [-0.1, -0.05) is 38.5 Å². The summed E-state index contributed by atoms with van der Waals surface area (Å²) in [5.41, 5.74) is -0.115.